The van der Waals surface area contributed by atoms with Gasteiger partial charge in [0.05, 0.1) is 17.9 Å². The van der Waals surface area contributed by atoms with Crippen molar-refractivity contribution in [1.29, 1.82) is 0 Å². The van der Waals surface area contributed by atoms with Crippen molar-refractivity contribution in [3.05, 3.63) is 33.9 Å². The maximum atomic E-state index is 14.7. The Morgan fingerprint density at radius 2 is 2.38 bits per heavy atom. The molecule has 0 fully saturated rings. The molecule has 6 nitrogen and oxygen atoms in total. The predicted octanol–water partition coefficient (Wildman–Crippen LogP) is 1.76. The Balaban J connectivity index is 1.74. The van der Waals surface area contributed by atoms with Crippen LogP contribution in [0.2, 0.25) is 0 Å². The average Bonchev–Trinajstić information content (AvgIpc) is 3.07. The Morgan fingerprint density at radius 1 is 1.58 bits per heavy atom. The molecule has 136 valence electrons. The van der Waals surface area contributed by atoms with E-state index in [-0.39, 0.29) is 36.6 Å². The van der Waals surface area contributed by atoms with Gasteiger partial charge in [0.2, 0.25) is 4.80 Å². The number of alkyl halides is 1. The Kier molecular flexibility index (Phi) is 3.99. The number of ether oxygens (including phenoxy) is 1. The summed E-state index contributed by atoms with van der Waals surface area (Å²) >= 11 is 1.27. The van der Waals surface area contributed by atoms with Crippen molar-refractivity contribution in [2.75, 3.05) is 13.2 Å². The van der Waals surface area contributed by atoms with Gasteiger partial charge in [0.1, 0.15) is 17.8 Å². The quantitative estimate of drug-likeness (QED) is 0.741. The topological polar surface area (TPSA) is 59.7 Å². The van der Waals surface area contributed by atoms with Gasteiger partial charge in [0.15, 0.2) is 6.61 Å². The lowest BCUT2D eigenvalue weighted by Crippen LogP contribution is -2.39. The summed E-state index contributed by atoms with van der Waals surface area (Å²) in [7, 11) is 0. The number of rotatable bonds is 2. The molecule has 1 amide bonds. The van der Waals surface area contributed by atoms with Gasteiger partial charge in [-0.2, -0.15) is 4.37 Å². The Labute approximate surface area is 154 Å². The van der Waals surface area contributed by atoms with Crippen LogP contribution in [-0.4, -0.2) is 39.1 Å². The number of hydrogen-bond acceptors (Lipinski definition) is 5. The van der Waals surface area contributed by atoms with Crippen molar-refractivity contribution in [2.24, 2.45) is 10.4 Å². The molecule has 1 atom stereocenters. The zero-order valence-electron chi connectivity index (χ0n) is 14.7. The third-order valence-electron chi connectivity index (χ3n) is 4.69. The number of carbonyl (C=O) groups excluding carboxylic acids is 1. The lowest BCUT2D eigenvalue weighted by Gasteiger charge is -2.32. The lowest BCUT2D eigenvalue weighted by molar-refractivity contribution is -0.134. The highest BCUT2D eigenvalue weighted by molar-refractivity contribution is 7.02. The van der Waals surface area contributed by atoms with Crippen molar-refractivity contribution in [2.45, 2.75) is 39.4 Å². The zero-order valence-corrected chi connectivity index (χ0v) is 15.5. The Morgan fingerprint density at radius 3 is 3.15 bits per heavy atom. The fourth-order valence-electron chi connectivity index (χ4n) is 3.46. The number of allylic oxidation sites excluding steroid dienone is 3. The second kappa shape index (κ2) is 6.09. The molecule has 3 aliphatic rings. The van der Waals surface area contributed by atoms with E-state index >= 15 is 0 Å². The zero-order chi connectivity index (χ0) is 18.5. The monoisotopic (exact) mass is 374 g/mol. The highest BCUT2D eigenvalue weighted by Crippen LogP contribution is 2.33. The van der Waals surface area contributed by atoms with E-state index in [2.05, 4.69) is 29.1 Å². The van der Waals surface area contributed by atoms with Crippen molar-refractivity contribution >= 4 is 17.4 Å². The van der Waals surface area contributed by atoms with Gasteiger partial charge in [-0.1, -0.05) is 19.8 Å². The summed E-state index contributed by atoms with van der Waals surface area (Å²) in [6, 6.07) is 0. The fourth-order valence-corrected chi connectivity index (χ4v) is 4.23. The number of aromatic nitrogens is 2. The Bertz CT molecular complexity index is 947. The largest absolute Gasteiger partial charge is 0.486 e. The highest BCUT2D eigenvalue weighted by atomic mass is 32.1. The van der Waals surface area contributed by atoms with E-state index in [0.717, 1.165) is 18.8 Å². The van der Waals surface area contributed by atoms with Gasteiger partial charge in [-0.05, 0) is 11.5 Å². The van der Waals surface area contributed by atoms with Crippen LogP contribution in [0.4, 0.5) is 4.39 Å². The molecule has 0 radical (unpaired) electrons. The molecule has 1 aliphatic carbocycles. The van der Waals surface area contributed by atoms with Crippen LogP contribution in [0.3, 0.4) is 0 Å². The van der Waals surface area contributed by atoms with E-state index < -0.39 is 6.17 Å². The number of terminal acetylenes is 1. The van der Waals surface area contributed by atoms with Gasteiger partial charge in [-0.25, -0.2) is 9.38 Å². The van der Waals surface area contributed by atoms with Gasteiger partial charge in [0.25, 0.3) is 5.91 Å². The van der Waals surface area contributed by atoms with E-state index in [1.807, 2.05) is 4.57 Å². The first-order chi connectivity index (χ1) is 12.4. The molecule has 26 heavy (non-hydrogen) atoms. The number of fused-ring (bicyclic) bond motifs is 1. The first kappa shape index (κ1) is 17.0. The van der Waals surface area contributed by atoms with Crippen LogP contribution in [0.15, 0.2) is 28.2 Å². The van der Waals surface area contributed by atoms with Gasteiger partial charge >= 0.3 is 0 Å². The van der Waals surface area contributed by atoms with E-state index in [1.165, 1.54) is 16.4 Å². The van der Waals surface area contributed by atoms with Crippen molar-refractivity contribution in [3.8, 4) is 12.3 Å². The number of carbonyl (C=O) groups is 1. The molecule has 4 rings (SSSR count). The molecule has 1 unspecified atom stereocenters. The van der Waals surface area contributed by atoms with E-state index in [9.17, 15) is 9.18 Å². The molecule has 8 heteroatoms. The minimum Gasteiger partial charge on any atom is -0.486 e. The molecule has 0 spiro atoms. The van der Waals surface area contributed by atoms with Crippen LogP contribution in [-0.2, 0) is 22.5 Å². The van der Waals surface area contributed by atoms with Gasteiger partial charge in [0, 0.05) is 30.9 Å². The summed E-state index contributed by atoms with van der Waals surface area (Å²) in [5.74, 6) is 3.67. The van der Waals surface area contributed by atoms with Gasteiger partial charge in [-0.3, -0.25) is 9.69 Å². The minimum atomic E-state index is -1.29. The lowest BCUT2D eigenvalue weighted by atomic mass is 9.92. The number of hydrogen-bond donors (Lipinski definition) is 0. The standard InChI is InChI=1S/C18H19FN4O2S/c1-4-5-22-13-7-12(11(19)6-14(13)25-9-16(22)24)20-17-23-10-18(2,3)8-15(23)21-26-17/h1,7,11H,5-6,8-10H2,2-3H3. The molecule has 0 saturated carbocycles. The molecular formula is C18H19FN4O2S. The average molecular weight is 374 g/mol. The maximum absolute atomic E-state index is 14.7. The third kappa shape index (κ3) is 2.86. The molecule has 0 saturated heterocycles. The molecule has 1 aromatic heterocycles. The summed E-state index contributed by atoms with van der Waals surface area (Å²) in [5, 5.41) is 0. The van der Waals surface area contributed by atoms with E-state index in [0.29, 0.717) is 16.3 Å². The number of halogens is 1. The fraction of sp³-hybridized carbons (Fsp3) is 0.500. The Hall–Kier alpha value is -2.40. The second-order valence-electron chi connectivity index (χ2n) is 7.44. The third-order valence-corrected chi connectivity index (χ3v) is 5.47. The van der Waals surface area contributed by atoms with Gasteiger partial charge in [-0.15, -0.1) is 6.42 Å². The highest BCUT2D eigenvalue weighted by Gasteiger charge is 2.34. The summed E-state index contributed by atoms with van der Waals surface area (Å²) in [4.78, 5) is 18.7. The van der Waals surface area contributed by atoms with Crippen LogP contribution in [0.25, 0.3) is 0 Å². The summed E-state index contributed by atoms with van der Waals surface area (Å²) < 4.78 is 26.6. The molecule has 3 heterocycles. The van der Waals surface area contributed by atoms with Crippen LogP contribution in [0.5, 0.6) is 0 Å². The SMILES string of the molecule is C#CCN1C(=O)COC2=C1C=C(N=c1snc3n1CC(C)(C)C3)C(F)C2. The molecular weight excluding hydrogens is 355 g/mol. The number of amides is 1. The predicted molar refractivity (Wildman–Crippen MR) is 94.3 cm³/mol. The molecule has 0 bridgehead atoms. The second-order valence-corrected chi connectivity index (χ2v) is 8.17. The van der Waals surface area contributed by atoms with Gasteiger partial charge < -0.3 is 9.30 Å². The first-order valence-corrected chi connectivity index (χ1v) is 9.21. The summed E-state index contributed by atoms with van der Waals surface area (Å²) in [6.45, 7) is 5.17. The first-order valence-electron chi connectivity index (χ1n) is 8.43. The van der Waals surface area contributed by atoms with Crippen molar-refractivity contribution in [1.82, 2.24) is 13.8 Å². The smallest absolute Gasteiger partial charge is 0.265 e. The number of nitrogens with zero attached hydrogens (tertiary/aromatic N) is 4. The van der Waals surface area contributed by atoms with E-state index in [1.54, 1.807) is 6.08 Å². The van der Waals surface area contributed by atoms with Crippen LogP contribution >= 0.6 is 11.5 Å². The molecule has 0 aromatic carbocycles. The maximum Gasteiger partial charge on any atom is 0.265 e. The van der Waals surface area contributed by atoms with Crippen LogP contribution < -0.4 is 4.80 Å². The minimum absolute atomic E-state index is 0.0518. The van der Waals surface area contributed by atoms with E-state index in [4.69, 9.17) is 11.2 Å². The molecule has 0 N–H and O–H groups in total. The van der Waals surface area contributed by atoms with Crippen LogP contribution in [0, 0.1) is 17.8 Å². The molecule has 2 aliphatic heterocycles. The normalized spacial score (nSPS) is 24.8. The van der Waals surface area contributed by atoms with Crippen LogP contribution in [0.1, 0.15) is 26.1 Å². The summed E-state index contributed by atoms with van der Waals surface area (Å²) in [5.41, 5.74) is 0.908. The van der Waals surface area contributed by atoms with Crippen molar-refractivity contribution in [3.63, 3.8) is 0 Å². The van der Waals surface area contributed by atoms with Crippen molar-refractivity contribution < 1.29 is 13.9 Å². The molecule has 1 aromatic rings. The summed E-state index contributed by atoms with van der Waals surface area (Å²) in [6.07, 6.45) is 6.58.